The van der Waals surface area contributed by atoms with Gasteiger partial charge >= 0.3 is 5.97 Å². The molecule has 0 aromatic rings. The Balaban J connectivity index is 1.86. The monoisotopic (exact) mass is 297 g/mol. The fraction of sp³-hybridized carbons (Fsp3) is 0.786. The number of amides is 2. The summed E-state index contributed by atoms with van der Waals surface area (Å²) in [7, 11) is 0. The lowest BCUT2D eigenvalue weighted by Crippen LogP contribution is -2.48. The van der Waals surface area contributed by atoms with E-state index in [0.717, 1.165) is 25.7 Å². The van der Waals surface area contributed by atoms with E-state index in [9.17, 15) is 14.4 Å². The molecule has 0 aromatic carbocycles. The number of nitrogens with zero attached hydrogens (tertiary/aromatic N) is 2. The summed E-state index contributed by atoms with van der Waals surface area (Å²) in [5.41, 5.74) is 5.32. The molecular weight excluding hydrogens is 274 g/mol. The van der Waals surface area contributed by atoms with Gasteiger partial charge in [0.15, 0.2) is 0 Å². The molecule has 7 nitrogen and oxygen atoms in total. The fourth-order valence-electron chi connectivity index (χ4n) is 2.78. The average Bonchev–Trinajstić information content (AvgIpc) is 3.27. The van der Waals surface area contributed by atoms with Gasteiger partial charge in [0.2, 0.25) is 11.8 Å². The van der Waals surface area contributed by atoms with Crippen LogP contribution in [0.1, 0.15) is 32.1 Å². The normalized spacial score (nSPS) is 22.3. The van der Waals surface area contributed by atoms with E-state index >= 15 is 0 Å². The second kappa shape index (κ2) is 6.89. The minimum absolute atomic E-state index is 0.0294. The predicted molar refractivity (Wildman–Crippen MR) is 75.3 cm³/mol. The lowest BCUT2D eigenvalue weighted by molar-refractivity contribution is -0.140. The Kier molecular flexibility index (Phi) is 5.17. The SMILES string of the molecule is NC(=O)C1CCCN(C(=O)CN(CCC(=O)O)C2CC2)C1. The van der Waals surface area contributed by atoms with Crippen LogP contribution in [0.2, 0.25) is 0 Å². The smallest absolute Gasteiger partial charge is 0.304 e. The van der Waals surface area contributed by atoms with Gasteiger partial charge in [0.1, 0.15) is 0 Å². The summed E-state index contributed by atoms with van der Waals surface area (Å²) in [5, 5.41) is 8.77. The van der Waals surface area contributed by atoms with Gasteiger partial charge in [0.25, 0.3) is 0 Å². The zero-order valence-corrected chi connectivity index (χ0v) is 12.2. The van der Waals surface area contributed by atoms with Gasteiger partial charge in [-0.1, -0.05) is 0 Å². The van der Waals surface area contributed by atoms with Crippen LogP contribution in [-0.4, -0.2) is 64.9 Å². The standard InChI is InChI=1S/C14H23N3O4/c15-14(21)10-2-1-6-17(8-10)12(18)9-16(11-3-4-11)7-5-13(19)20/h10-11H,1-9H2,(H2,15,21)(H,19,20). The van der Waals surface area contributed by atoms with E-state index in [1.165, 1.54) is 0 Å². The molecule has 2 aliphatic rings. The predicted octanol–water partition coefficient (Wildman–Crippen LogP) is -0.351. The molecule has 21 heavy (non-hydrogen) atoms. The number of carbonyl (C=O) groups is 3. The Labute approximate surface area is 124 Å². The quantitative estimate of drug-likeness (QED) is 0.668. The van der Waals surface area contributed by atoms with Crippen molar-refractivity contribution in [2.45, 2.75) is 38.1 Å². The molecule has 3 N–H and O–H groups in total. The Morgan fingerprint density at radius 3 is 2.52 bits per heavy atom. The van der Waals surface area contributed by atoms with E-state index in [2.05, 4.69) is 0 Å². The van der Waals surface area contributed by atoms with E-state index in [1.807, 2.05) is 4.90 Å². The molecule has 1 aliphatic carbocycles. The number of hydrogen-bond donors (Lipinski definition) is 2. The molecule has 1 aliphatic heterocycles. The van der Waals surface area contributed by atoms with Gasteiger partial charge in [-0.2, -0.15) is 0 Å². The van der Waals surface area contributed by atoms with Crippen LogP contribution in [0.3, 0.4) is 0 Å². The third-order valence-electron chi connectivity index (χ3n) is 4.19. The molecule has 0 radical (unpaired) electrons. The third kappa shape index (κ3) is 4.70. The molecule has 2 fully saturated rings. The maximum atomic E-state index is 12.3. The maximum absolute atomic E-state index is 12.3. The van der Waals surface area contributed by atoms with E-state index in [1.54, 1.807) is 4.90 Å². The minimum atomic E-state index is -0.847. The summed E-state index contributed by atoms with van der Waals surface area (Å²) in [5.74, 6) is -1.48. The molecule has 1 saturated carbocycles. The topological polar surface area (TPSA) is 104 Å². The summed E-state index contributed by atoms with van der Waals surface area (Å²) in [6.45, 7) is 1.69. The molecule has 1 atom stereocenters. The summed E-state index contributed by atoms with van der Waals surface area (Å²) in [4.78, 5) is 37.9. The summed E-state index contributed by atoms with van der Waals surface area (Å²) in [6, 6.07) is 0.338. The van der Waals surface area contributed by atoms with Gasteiger partial charge in [-0.15, -0.1) is 0 Å². The van der Waals surface area contributed by atoms with Gasteiger partial charge in [-0.3, -0.25) is 19.3 Å². The number of likely N-dealkylation sites (tertiary alicyclic amines) is 1. The van der Waals surface area contributed by atoms with Crippen molar-refractivity contribution in [3.05, 3.63) is 0 Å². The molecule has 1 unspecified atom stereocenters. The van der Waals surface area contributed by atoms with Crippen LogP contribution < -0.4 is 5.73 Å². The molecule has 0 aromatic heterocycles. The second-order valence-corrected chi connectivity index (χ2v) is 5.93. The van der Waals surface area contributed by atoms with Crippen molar-refractivity contribution in [3.63, 3.8) is 0 Å². The number of carboxylic acids is 1. The first-order valence-corrected chi connectivity index (χ1v) is 7.50. The van der Waals surface area contributed by atoms with Crippen molar-refractivity contribution >= 4 is 17.8 Å². The van der Waals surface area contributed by atoms with Gasteiger partial charge in [-0.25, -0.2) is 0 Å². The number of hydrogen-bond acceptors (Lipinski definition) is 4. The number of aliphatic carboxylic acids is 1. The van der Waals surface area contributed by atoms with Gasteiger partial charge in [0, 0.05) is 25.7 Å². The highest BCUT2D eigenvalue weighted by Crippen LogP contribution is 2.27. The average molecular weight is 297 g/mol. The summed E-state index contributed by atoms with van der Waals surface area (Å²) < 4.78 is 0. The number of rotatable bonds is 7. The molecule has 0 bridgehead atoms. The highest BCUT2D eigenvalue weighted by Gasteiger charge is 2.33. The fourth-order valence-corrected chi connectivity index (χ4v) is 2.78. The Morgan fingerprint density at radius 1 is 1.24 bits per heavy atom. The van der Waals surface area contributed by atoms with Gasteiger partial charge < -0.3 is 15.7 Å². The molecule has 118 valence electrons. The number of piperidine rings is 1. The summed E-state index contributed by atoms with van der Waals surface area (Å²) in [6.07, 6.45) is 3.63. The van der Waals surface area contributed by atoms with Crippen molar-refractivity contribution in [2.24, 2.45) is 11.7 Å². The molecule has 0 spiro atoms. The van der Waals surface area contributed by atoms with Crippen molar-refractivity contribution in [1.82, 2.24) is 9.80 Å². The first-order chi connectivity index (χ1) is 9.97. The van der Waals surface area contributed by atoms with Gasteiger partial charge in [-0.05, 0) is 25.7 Å². The second-order valence-electron chi connectivity index (χ2n) is 5.93. The molecular formula is C14H23N3O4. The van der Waals surface area contributed by atoms with Crippen molar-refractivity contribution in [3.8, 4) is 0 Å². The van der Waals surface area contributed by atoms with E-state index in [-0.39, 0.29) is 30.7 Å². The Bertz CT molecular complexity index is 422. The highest BCUT2D eigenvalue weighted by atomic mass is 16.4. The van der Waals surface area contributed by atoms with E-state index in [0.29, 0.717) is 25.7 Å². The summed E-state index contributed by atoms with van der Waals surface area (Å²) >= 11 is 0. The number of primary amides is 1. The number of nitrogens with two attached hydrogens (primary N) is 1. The molecule has 2 amide bonds. The van der Waals surface area contributed by atoms with Gasteiger partial charge in [0.05, 0.1) is 18.9 Å². The molecule has 2 rings (SSSR count). The van der Waals surface area contributed by atoms with E-state index < -0.39 is 5.97 Å². The highest BCUT2D eigenvalue weighted by molar-refractivity contribution is 5.81. The third-order valence-corrected chi connectivity index (χ3v) is 4.19. The van der Waals surface area contributed by atoms with E-state index in [4.69, 9.17) is 10.8 Å². The Hall–Kier alpha value is -1.63. The zero-order valence-electron chi connectivity index (χ0n) is 12.2. The molecule has 7 heteroatoms. The van der Waals surface area contributed by atoms with Crippen LogP contribution in [0.4, 0.5) is 0 Å². The van der Waals surface area contributed by atoms with Crippen molar-refractivity contribution < 1.29 is 19.5 Å². The maximum Gasteiger partial charge on any atom is 0.304 e. The minimum Gasteiger partial charge on any atom is -0.481 e. The van der Waals surface area contributed by atoms with Crippen LogP contribution in [-0.2, 0) is 14.4 Å². The zero-order chi connectivity index (χ0) is 15.4. The Morgan fingerprint density at radius 2 is 1.95 bits per heavy atom. The lowest BCUT2D eigenvalue weighted by atomic mass is 9.97. The first kappa shape index (κ1) is 15.8. The molecule has 1 heterocycles. The van der Waals surface area contributed by atoms with Crippen LogP contribution in [0, 0.1) is 5.92 Å². The largest absolute Gasteiger partial charge is 0.481 e. The first-order valence-electron chi connectivity index (χ1n) is 7.50. The lowest BCUT2D eigenvalue weighted by Gasteiger charge is -2.33. The van der Waals surface area contributed by atoms with Crippen LogP contribution >= 0.6 is 0 Å². The van der Waals surface area contributed by atoms with Crippen molar-refractivity contribution in [2.75, 3.05) is 26.2 Å². The van der Waals surface area contributed by atoms with Crippen LogP contribution in [0.15, 0.2) is 0 Å². The number of carbonyl (C=O) groups excluding carboxylic acids is 2. The van der Waals surface area contributed by atoms with Crippen LogP contribution in [0.25, 0.3) is 0 Å². The van der Waals surface area contributed by atoms with Crippen LogP contribution in [0.5, 0.6) is 0 Å². The molecule has 1 saturated heterocycles. The number of carboxylic acid groups (broad SMARTS) is 1. The van der Waals surface area contributed by atoms with Crippen molar-refractivity contribution in [1.29, 1.82) is 0 Å².